The first-order valence-electron chi connectivity index (χ1n) is 9.19. The zero-order valence-corrected chi connectivity index (χ0v) is 15.5. The van der Waals surface area contributed by atoms with Crippen molar-refractivity contribution in [2.45, 2.75) is 63.8 Å². The van der Waals surface area contributed by atoms with Gasteiger partial charge in [-0.2, -0.15) is 0 Å². The molecule has 0 aliphatic heterocycles. The molecule has 132 valence electrons. The van der Waals surface area contributed by atoms with Crippen LogP contribution in [0.1, 0.15) is 56.9 Å². The Morgan fingerprint density at radius 2 is 1.21 bits per heavy atom. The fourth-order valence-electron chi connectivity index (χ4n) is 3.15. The number of rotatable bonds is 11. The minimum absolute atomic E-state index is 0.179. The Labute approximate surface area is 146 Å². The molecule has 2 aromatic rings. The lowest BCUT2D eigenvalue weighted by atomic mass is 10.0. The molecule has 0 saturated carbocycles. The molecule has 3 N–H and O–H groups in total. The third kappa shape index (κ3) is 7.58. The fraction of sp³-hybridized carbons (Fsp3) is 0.500. The van der Waals surface area contributed by atoms with Crippen LogP contribution in [0.3, 0.4) is 0 Å². The van der Waals surface area contributed by atoms with Crippen molar-refractivity contribution in [1.82, 2.24) is 0 Å². The maximum absolute atomic E-state index is 8.92. The molecule has 0 aromatic heterocycles. The van der Waals surface area contributed by atoms with Crippen molar-refractivity contribution in [3.05, 3.63) is 48.0 Å². The molecule has 0 radical (unpaired) electrons. The number of unbranched alkanes of at least 4 members (excludes halogenated alkanes) is 7. The smallest absolute Gasteiger partial charge is 0.390 e. The quantitative estimate of drug-likeness (QED) is 0.417. The van der Waals surface area contributed by atoms with Gasteiger partial charge in [-0.1, -0.05) is 81.0 Å². The Bertz CT molecular complexity index is 607. The molecule has 0 fully saturated rings. The standard InChI is InChI=1S/C20H30O3Si/c21-24(22,23)16-10-6-4-2-1-3-5-7-11-18-14-15-19-12-8-9-13-20(19)17-18/h8-9,12-15,17,21-23H,1-7,10-11,16H2. The first-order valence-corrected chi connectivity index (χ1v) is 11.2. The summed E-state index contributed by atoms with van der Waals surface area (Å²) in [5, 5.41) is 2.64. The van der Waals surface area contributed by atoms with Crippen LogP contribution < -0.4 is 0 Å². The van der Waals surface area contributed by atoms with Crippen LogP contribution in [0.5, 0.6) is 0 Å². The van der Waals surface area contributed by atoms with Gasteiger partial charge in [0.2, 0.25) is 0 Å². The van der Waals surface area contributed by atoms with Gasteiger partial charge in [0.15, 0.2) is 0 Å². The molecule has 0 bridgehead atoms. The summed E-state index contributed by atoms with van der Waals surface area (Å²) in [5.41, 5.74) is 1.43. The van der Waals surface area contributed by atoms with E-state index in [2.05, 4.69) is 42.5 Å². The molecule has 4 heteroatoms. The Kier molecular flexibility index (Phi) is 7.92. The fourth-order valence-corrected chi connectivity index (χ4v) is 3.87. The highest BCUT2D eigenvalue weighted by atomic mass is 28.4. The molecule has 24 heavy (non-hydrogen) atoms. The van der Waals surface area contributed by atoms with E-state index in [1.165, 1.54) is 48.4 Å². The Balaban J connectivity index is 1.50. The number of benzene rings is 2. The number of hydrogen-bond acceptors (Lipinski definition) is 3. The van der Waals surface area contributed by atoms with Gasteiger partial charge in [-0.25, -0.2) is 0 Å². The Hall–Kier alpha value is -1.20. The summed E-state index contributed by atoms with van der Waals surface area (Å²) >= 11 is 0. The SMILES string of the molecule is O[Si](O)(O)CCCCCCCCCCc1ccc2ccccc2c1. The lowest BCUT2D eigenvalue weighted by Crippen LogP contribution is -2.33. The van der Waals surface area contributed by atoms with Gasteiger partial charge in [-0.05, 0) is 35.6 Å². The van der Waals surface area contributed by atoms with Crippen molar-refractivity contribution in [2.24, 2.45) is 0 Å². The molecule has 0 unspecified atom stereocenters. The topological polar surface area (TPSA) is 60.7 Å². The molecule has 0 amide bonds. The van der Waals surface area contributed by atoms with Crippen LogP contribution in [0, 0.1) is 0 Å². The van der Waals surface area contributed by atoms with Crippen LogP contribution in [0.4, 0.5) is 0 Å². The van der Waals surface area contributed by atoms with Crippen molar-refractivity contribution in [3.63, 3.8) is 0 Å². The lowest BCUT2D eigenvalue weighted by Gasteiger charge is -2.08. The van der Waals surface area contributed by atoms with Crippen molar-refractivity contribution in [1.29, 1.82) is 0 Å². The molecule has 3 nitrogen and oxygen atoms in total. The van der Waals surface area contributed by atoms with Crippen molar-refractivity contribution in [3.8, 4) is 0 Å². The third-order valence-electron chi connectivity index (χ3n) is 4.54. The van der Waals surface area contributed by atoms with Gasteiger partial charge in [0.1, 0.15) is 0 Å². The molecule has 2 rings (SSSR count). The second kappa shape index (κ2) is 9.94. The average molecular weight is 347 g/mol. The van der Waals surface area contributed by atoms with Crippen molar-refractivity contribution >= 4 is 19.6 Å². The summed E-state index contributed by atoms with van der Waals surface area (Å²) in [6.45, 7) is 0. The van der Waals surface area contributed by atoms with Crippen molar-refractivity contribution < 1.29 is 14.4 Å². The van der Waals surface area contributed by atoms with E-state index in [-0.39, 0.29) is 6.04 Å². The van der Waals surface area contributed by atoms with E-state index in [0.29, 0.717) is 0 Å². The molecular formula is C20H30O3Si. The summed E-state index contributed by atoms with van der Waals surface area (Å²) in [6.07, 6.45) is 10.2. The van der Waals surface area contributed by atoms with E-state index in [1.807, 2.05) is 0 Å². The number of fused-ring (bicyclic) bond motifs is 1. The van der Waals surface area contributed by atoms with Gasteiger partial charge < -0.3 is 14.4 Å². The Morgan fingerprint density at radius 1 is 0.625 bits per heavy atom. The molecule has 2 aromatic carbocycles. The maximum Gasteiger partial charge on any atom is 0.492 e. The van der Waals surface area contributed by atoms with Crippen molar-refractivity contribution in [2.75, 3.05) is 0 Å². The van der Waals surface area contributed by atoms with E-state index >= 15 is 0 Å². The molecule has 0 aliphatic carbocycles. The van der Waals surface area contributed by atoms with Gasteiger partial charge in [0.25, 0.3) is 0 Å². The third-order valence-corrected chi connectivity index (χ3v) is 5.57. The van der Waals surface area contributed by atoms with Gasteiger partial charge in [-0.3, -0.25) is 0 Å². The van der Waals surface area contributed by atoms with E-state index in [1.54, 1.807) is 0 Å². The summed E-state index contributed by atoms with van der Waals surface area (Å²) in [6, 6.07) is 15.5. The van der Waals surface area contributed by atoms with Gasteiger partial charge in [-0.15, -0.1) is 0 Å². The van der Waals surface area contributed by atoms with Gasteiger partial charge in [0.05, 0.1) is 0 Å². The normalized spacial score (nSPS) is 12.0. The van der Waals surface area contributed by atoms with E-state index in [4.69, 9.17) is 14.4 Å². The number of hydrogen-bond donors (Lipinski definition) is 3. The summed E-state index contributed by atoms with van der Waals surface area (Å²) in [7, 11) is -3.79. The summed E-state index contributed by atoms with van der Waals surface area (Å²) in [4.78, 5) is 26.8. The molecule has 0 atom stereocenters. The van der Waals surface area contributed by atoms with Crippen LogP contribution in [0.2, 0.25) is 6.04 Å². The monoisotopic (exact) mass is 346 g/mol. The molecular weight excluding hydrogens is 316 g/mol. The second-order valence-electron chi connectivity index (χ2n) is 6.78. The molecule has 0 saturated heterocycles. The van der Waals surface area contributed by atoms with Crippen LogP contribution in [0.25, 0.3) is 10.8 Å². The first kappa shape index (κ1) is 19.1. The highest BCUT2D eigenvalue weighted by molar-refractivity contribution is 6.56. The highest BCUT2D eigenvalue weighted by Gasteiger charge is 2.25. The summed E-state index contributed by atoms with van der Waals surface area (Å²) < 4.78 is 0. The number of aryl methyl sites for hydroxylation is 1. The lowest BCUT2D eigenvalue weighted by molar-refractivity contribution is 0.226. The maximum atomic E-state index is 8.92. The molecule has 0 spiro atoms. The predicted molar refractivity (Wildman–Crippen MR) is 102 cm³/mol. The van der Waals surface area contributed by atoms with Crippen LogP contribution in [-0.2, 0) is 6.42 Å². The van der Waals surface area contributed by atoms with Crippen LogP contribution in [0.15, 0.2) is 42.5 Å². The average Bonchev–Trinajstić information content (AvgIpc) is 2.55. The highest BCUT2D eigenvalue weighted by Crippen LogP contribution is 2.18. The largest absolute Gasteiger partial charge is 0.492 e. The first-order chi connectivity index (χ1) is 11.5. The zero-order valence-electron chi connectivity index (χ0n) is 14.5. The van der Waals surface area contributed by atoms with Gasteiger partial charge in [0, 0.05) is 6.04 Å². The minimum Gasteiger partial charge on any atom is -0.390 e. The van der Waals surface area contributed by atoms with E-state index < -0.39 is 8.80 Å². The molecule has 0 aliphatic rings. The van der Waals surface area contributed by atoms with Crippen LogP contribution in [-0.4, -0.2) is 23.2 Å². The van der Waals surface area contributed by atoms with Crippen LogP contribution >= 0.6 is 0 Å². The minimum atomic E-state index is -3.79. The summed E-state index contributed by atoms with van der Waals surface area (Å²) in [5.74, 6) is 0. The van der Waals surface area contributed by atoms with E-state index in [9.17, 15) is 0 Å². The second-order valence-corrected chi connectivity index (χ2v) is 8.83. The molecule has 0 heterocycles. The van der Waals surface area contributed by atoms with Gasteiger partial charge >= 0.3 is 8.80 Å². The Morgan fingerprint density at radius 3 is 1.88 bits per heavy atom. The predicted octanol–water partition coefficient (Wildman–Crippen LogP) is 4.42. The van der Waals surface area contributed by atoms with E-state index in [0.717, 1.165) is 25.7 Å². The zero-order chi connectivity index (χ0) is 17.3.